The van der Waals surface area contributed by atoms with Crippen LogP contribution in [-0.4, -0.2) is 53.5 Å². The minimum Gasteiger partial charge on any atom is -0.350 e. The van der Waals surface area contributed by atoms with E-state index in [1.807, 2.05) is 20.8 Å². The van der Waals surface area contributed by atoms with Crippen molar-refractivity contribution in [1.29, 1.82) is 0 Å². The van der Waals surface area contributed by atoms with Gasteiger partial charge in [0, 0.05) is 30.1 Å². The average molecular weight is 520 g/mol. The summed E-state index contributed by atoms with van der Waals surface area (Å²) in [5.74, 6) is -1.26. The van der Waals surface area contributed by atoms with Crippen LogP contribution in [0.15, 0.2) is 53.4 Å². The zero-order valence-corrected chi connectivity index (χ0v) is 21.8. The second-order valence-corrected chi connectivity index (χ2v) is 11.7. The highest BCUT2D eigenvalue weighted by atomic mass is 35.5. The van der Waals surface area contributed by atoms with E-state index in [1.54, 1.807) is 43.3 Å². The summed E-state index contributed by atoms with van der Waals surface area (Å²) >= 11 is 6.30. The monoisotopic (exact) mass is 519 g/mol. The highest BCUT2D eigenvalue weighted by Crippen LogP contribution is 2.30. The number of hydrogen-bond acceptors (Lipinski definition) is 5. The van der Waals surface area contributed by atoms with Crippen LogP contribution in [0.4, 0.5) is 0 Å². The van der Waals surface area contributed by atoms with Gasteiger partial charge in [-0.15, -0.1) is 0 Å². The third-order valence-corrected chi connectivity index (χ3v) is 7.84. The van der Waals surface area contributed by atoms with E-state index in [1.165, 1.54) is 17.0 Å². The number of benzene rings is 2. The molecule has 0 radical (unpaired) electrons. The van der Waals surface area contributed by atoms with Crippen LogP contribution in [0.25, 0.3) is 0 Å². The summed E-state index contributed by atoms with van der Waals surface area (Å²) in [7, 11) is -3.94. The molecule has 10 heteroatoms. The van der Waals surface area contributed by atoms with Crippen molar-refractivity contribution < 1.29 is 22.8 Å². The molecule has 0 spiro atoms. The normalized spacial score (nSPS) is 15.5. The predicted molar refractivity (Wildman–Crippen MR) is 133 cm³/mol. The summed E-state index contributed by atoms with van der Waals surface area (Å²) in [5, 5.41) is 3.36. The van der Waals surface area contributed by atoms with Gasteiger partial charge in [-0.05, 0) is 57.9 Å². The van der Waals surface area contributed by atoms with Crippen molar-refractivity contribution in [3.05, 3.63) is 64.7 Å². The standard InChI is InChI=1S/C25H30ClN3O5S/c1-17(23(31)27-25(2,3)4)28(16-18-10-5-7-12-20(18)26)22(30)14-9-15-29-24(32)19-11-6-8-13-21(19)35(29,33)34/h5-8,10-13,17H,9,14-16H2,1-4H3,(H,27,31)/t17-/m1/s1. The Morgan fingerprint density at radius 1 is 1.09 bits per heavy atom. The molecule has 1 aliphatic rings. The van der Waals surface area contributed by atoms with E-state index in [4.69, 9.17) is 11.6 Å². The lowest BCUT2D eigenvalue weighted by molar-refractivity contribution is -0.141. The quantitative estimate of drug-likeness (QED) is 0.574. The van der Waals surface area contributed by atoms with Crippen LogP contribution < -0.4 is 5.32 Å². The molecule has 8 nitrogen and oxygen atoms in total. The maximum Gasteiger partial charge on any atom is 0.269 e. The number of sulfonamides is 1. The molecule has 0 fully saturated rings. The van der Waals surface area contributed by atoms with Gasteiger partial charge in [0.1, 0.15) is 10.9 Å². The van der Waals surface area contributed by atoms with E-state index in [0.717, 1.165) is 4.31 Å². The van der Waals surface area contributed by atoms with Crippen LogP contribution in [0.1, 0.15) is 56.5 Å². The number of halogens is 1. The molecule has 0 aliphatic carbocycles. The molecule has 0 saturated carbocycles. The molecule has 0 unspecified atom stereocenters. The predicted octanol–water partition coefficient (Wildman–Crippen LogP) is 3.60. The number of nitrogens with one attached hydrogen (secondary N) is 1. The first-order chi connectivity index (χ1) is 16.3. The van der Waals surface area contributed by atoms with E-state index in [2.05, 4.69) is 5.32 Å². The first kappa shape index (κ1) is 26.7. The van der Waals surface area contributed by atoms with Crippen LogP contribution >= 0.6 is 11.6 Å². The van der Waals surface area contributed by atoms with Crippen molar-refractivity contribution >= 4 is 39.3 Å². The minimum absolute atomic E-state index is 0.0239. The number of carbonyl (C=O) groups excluding carboxylic acids is 3. The van der Waals surface area contributed by atoms with Crippen molar-refractivity contribution in [3.63, 3.8) is 0 Å². The highest BCUT2D eigenvalue weighted by molar-refractivity contribution is 7.90. The lowest BCUT2D eigenvalue weighted by Gasteiger charge is -2.32. The second kappa shape index (κ2) is 10.4. The summed E-state index contributed by atoms with van der Waals surface area (Å²) in [5.41, 5.74) is 0.335. The Labute approximate surface area is 211 Å². The summed E-state index contributed by atoms with van der Waals surface area (Å²) in [6.07, 6.45) is 0.0671. The number of hydrogen-bond donors (Lipinski definition) is 1. The molecule has 3 rings (SSSR count). The Morgan fingerprint density at radius 3 is 2.34 bits per heavy atom. The molecule has 1 atom stereocenters. The number of fused-ring (bicyclic) bond motifs is 1. The molecule has 188 valence electrons. The van der Waals surface area contributed by atoms with Gasteiger partial charge in [-0.25, -0.2) is 12.7 Å². The van der Waals surface area contributed by atoms with Gasteiger partial charge in [0.2, 0.25) is 11.8 Å². The third kappa shape index (κ3) is 6.02. The van der Waals surface area contributed by atoms with Crippen molar-refractivity contribution in [2.75, 3.05) is 6.54 Å². The van der Waals surface area contributed by atoms with Gasteiger partial charge < -0.3 is 10.2 Å². The van der Waals surface area contributed by atoms with Crippen LogP contribution in [0.5, 0.6) is 0 Å². The Morgan fingerprint density at radius 2 is 1.71 bits per heavy atom. The maximum atomic E-state index is 13.3. The number of rotatable bonds is 8. The number of carbonyl (C=O) groups is 3. The molecule has 2 aromatic rings. The van der Waals surface area contributed by atoms with Gasteiger partial charge in [0.25, 0.3) is 15.9 Å². The zero-order chi connectivity index (χ0) is 26.0. The molecule has 35 heavy (non-hydrogen) atoms. The van der Waals surface area contributed by atoms with Gasteiger partial charge in [0.15, 0.2) is 0 Å². The fourth-order valence-electron chi connectivity index (χ4n) is 3.84. The first-order valence-electron chi connectivity index (χ1n) is 11.3. The van der Waals surface area contributed by atoms with Crippen LogP contribution in [0.3, 0.4) is 0 Å². The Hall–Kier alpha value is -2.91. The number of nitrogens with zero attached hydrogens (tertiary/aromatic N) is 2. The lowest BCUT2D eigenvalue weighted by Crippen LogP contribution is -2.52. The fraction of sp³-hybridized carbons (Fsp3) is 0.400. The van der Waals surface area contributed by atoms with E-state index in [9.17, 15) is 22.8 Å². The molecule has 1 N–H and O–H groups in total. The van der Waals surface area contributed by atoms with Gasteiger partial charge in [0.05, 0.1) is 5.56 Å². The van der Waals surface area contributed by atoms with Gasteiger partial charge in [-0.1, -0.05) is 41.9 Å². The Balaban J connectivity index is 1.73. The van der Waals surface area contributed by atoms with E-state index in [-0.39, 0.29) is 48.2 Å². The summed E-state index contributed by atoms with van der Waals surface area (Å²) < 4.78 is 26.3. The zero-order valence-electron chi connectivity index (χ0n) is 20.2. The summed E-state index contributed by atoms with van der Waals surface area (Å²) in [6.45, 7) is 7.17. The van der Waals surface area contributed by atoms with E-state index >= 15 is 0 Å². The van der Waals surface area contributed by atoms with E-state index in [0.29, 0.717) is 10.6 Å². The van der Waals surface area contributed by atoms with Gasteiger partial charge in [-0.3, -0.25) is 14.4 Å². The molecule has 0 bridgehead atoms. The van der Waals surface area contributed by atoms with Gasteiger partial charge >= 0.3 is 0 Å². The topological polar surface area (TPSA) is 104 Å². The van der Waals surface area contributed by atoms with Crippen molar-refractivity contribution in [2.24, 2.45) is 0 Å². The Bertz CT molecular complexity index is 1240. The van der Waals surface area contributed by atoms with E-state index < -0.39 is 27.5 Å². The molecule has 3 amide bonds. The van der Waals surface area contributed by atoms with Crippen molar-refractivity contribution in [3.8, 4) is 0 Å². The largest absolute Gasteiger partial charge is 0.350 e. The molecule has 1 aliphatic heterocycles. The molecular weight excluding hydrogens is 490 g/mol. The molecule has 1 heterocycles. The van der Waals surface area contributed by atoms with Crippen LogP contribution in [0.2, 0.25) is 5.02 Å². The van der Waals surface area contributed by atoms with Crippen LogP contribution in [0, 0.1) is 0 Å². The van der Waals surface area contributed by atoms with Gasteiger partial charge in [-0.2, -0.15) is 0 Å². The summed E-state index contributed by atoms with van der Waals surface area (Å²) in [4.78, 5) is 40.1. The molecular formula is C25H30ClN3O5S. The minimum atomic E-state index is -3.94. The molecule has 2 aromatic carbocycles. The highest BCUT2D eigenvalue weighted by Gasteiger charge is 2.40. The van der Waals surface area contributed by atoms with Crippen molar-refractivity contribution in [1.82, 2.24) is 14.5 Å². The average Bonchev–Trinajstić information content (AvgIpc) is 2.97. The fourth-order valence-corrected chi connectivity index (χ4v) is 5.64. The lowest BCUT2D eigenvalue weighted by atomic mass is 10.1. The SMILES string of the molecule is C[C@H](C(=O)NC(C)(C)C)N(Cc1ccccc1Cl)C(=O)CCCN1C(=O)c2ccccc2S1(=O)=O. The summed E-state index contributed by atoms with van der Waals surface area (Å²) in [6, 6.07) is 12.3. The second-order valence-electron chi connectivity index (χ2n) is 9.51. The van der Waals surface area contributed by atoms with Crippen LogP contribution in [-0.2, 0) is 26.2 Å². The maximum absolute atomic E-state index is 13.3. The third-order valence-electron chi connectivity index (χ3n) is 5.63. The smallest absolute Gasteiger partial charge is 0.269 e. The first-order valence-corrected chi connectivity index (χ1v) is 13.2. The number of amides is 3. The van der Waals surface area contributed by atoms with Crippen molar-refractivity contribution in [2.45, 2.75) is 63.6 Å². The Kier molecular flexibility index (Phi) is 7.91. The molecule has 0 aromatic heterocycles. The molecule has 0 saturated heterocycles.